The number of rotatable bonds is 5. The summed E-state index contributed by atoms with van der Waals surface area (Å²) in [4.78, 5) is 18.4. The van der Waals surface area contributed by atoms with Gasteiger partial charge in [-0.1, -0.05) is 41.2 Å². The van der Waals surface area contributed by atoms with Crippen molar-refractivity contribution in [2.45, 2.75) is 19.1 Å². The first-order valence-electron chi connectivity index (χ1n) is 9.15. The van der Waals surface area contributed by atoms with Crippen LogP contribution < -0.4 is 10.2 Å². The Balaban J connectivity index is 1.43. The van der Waals surface area contributed by atoms with E-state index in [0.29, 0.717) is 0 Å². The van der Waals surface area contributed by atoms with Gasteiger partial charge in [-0.2, -0.15) is 13.2 Å². The van der Waals surface area contributed by atoms with Crippen molar-refractivity contribution in [1.29, 1.82) is 0 Å². The summed E-state index contributed by atoms with van der Waals surface area (Å²) in [5, 5.41) is 12.4. The lowest BCUT2D eigenvalue weighted by Gasteiger charge is -2.15. The van der Waals surface area contributed by atoms with Gasteiger partial charge in [0, 0.05) is 0 Å². The number of aromatic nitrogens is 3. The fraction of sp³-hybridized carbons (Fsp3) is 0.190. The van der Waals surface area contributed by atoms with Gasteiger partial charge in [0.05, 0.1) is 11.6 Å². The van der Waals surface area contributed by atoms with Crippen LogP contribution in [0.15, 0.2) is 60.7 Å². The van der Waals surface area contributed by atoms with Crippen LogP contribution in [0.1, 0.15) is 24.1 Å². The van der Waals surface area contributed by atoms with E-state index in [2.05, 4.69) is 15.6 Å². The number of carbonyl (C=O) groups is 1. The number of hydrogen-bond acceptors (Lipinski definition) is 4. The van der Waals surface area contributed by atoms with Crippen LogP contribution in [0, 0.1) is 0 Å². The first-order chi connectivity index (χ1) is 14.3. The van der Waals surface area contributed by atoms with Gasteiger partial charge in [0.1, 0.15) is 11.0 Å². The number of hydrogen-bond donors (Lipinski definition) is 1. The molecule has 1 heterocycles. The van der Waals surface area contributed by atoms with Crippen molar-refractivity contribution in [2.24, 2.45) is 0 Å². The molecule has 1 aromatic heterocycles. The van der Waals surface area contributed by atoms with Gasteiger partial charge in [0.25, 0.3) is 5.91 Å². The minimum absolute atomic E-state index is 0.0280. The van der Waals surface area contributed by atoms with E-state index < -0.39 is 24.3 Å². The van der Waals surface area contributed by atoms with Gasteiger partial charge in [-0.05, 0) is 52.7 Å². The quantitative estimate of drug-likeness (QED) is 0.538. The zero-order valence-corrected chi connectivity index (χ0v) is 15.8. The smallest absolute Gasteiger partial charge is 0.385 e. The third-order valence-electron chi connectivity index (χ3n) is 4.71. The van der Waals surface area contributed by atoms with Crippen molar-refractivity contribution in [2.75, 3.05) is 6.61 Å². The molecule has 0 unspecified atom stereocenters. The number of alkyl halides is 3. The van der Waals surface area contributed by atoms with Crippen LogP contribution in [-0.2, 0) is 11.0 Å². The predicted octanol–water partition coefficient (Wildman–Crippen LogP) is 3.91. The van der Waals surface area contributed by atoms with Gasteiger partial charge in [-0.15, -0.1) is 5.10 Å². The predicted molar refractivity (Wildman–Crippen MR) is 104 cm³/mol. The van der Waals surface area contributed by atoms with Crippen molar-refractivity contribution < 1.29 is 22.8 Å². The minimum Gasteiger partial charge on any atom is -0.385 e. The lowest BCUT2D eigenvalue weighted by Crippen LogP contribution is -2.33. The fourth-order valence-electron chi connectivity index (χ4n) is 3.13. The standard InChI is InChI=1S/C21H17F3N4O2/c1-13(15-7-6-14-4-2-3-5-16(14)10-15)25-20(29)12-30-28-19-11-17(21(22,23)24)8-9-18(19)26-27-28/h2-11,13H,12H2,1H3,(H,25,29)/t13-/m0/s1. The Morgan fingerprint density at radius 2 is 1.87 bits per heavy atom. The first kappa shape index (κ1) is 19.7. The molecule has 0 aliphatic carbocycles. The molecule has 3 aromatic carbocycles. The topological polar surface area (TPSA) is 69.0 Å². The molecule has 9 heteroatoms. The Hall–Kier alpha value is -3.62. The van der Waals surface area contributed by atoms with E-state index in [1.807, 2.05) is 49.4 Å². The second kappa shape index (κ2) is 7.66. The van der Waals surface area contributed by atoms with Crippen LogP contribution in [0.4, 0.5) is 13.2 Å². The van der Waals surface area contributed by atoms with Crippen LogP contribution in [-0.4, -0.2) is 27.7 Å². The highest BCUT2D eigenvalue weighted by atomic mass is 19.4. The number of nitrogens with zero attached hydrogens (tertiary/aromatic N) is 3. The maximum atomic E-state index is 12.9. The van der Waals surface area contributed by atoms with Crippen LogP contribution in [0.2, 0.25) is 0 Å². The lowest BCUT2D eigenvalue weighted by atomic mass is 10.0. The number of carbonyl (C=O) groups excluding carboxylic acids is 1. The number of halogens is 3. The summed E-state index contributed by atoms with van der Waals surface area (Å²) in [7, 11) is 0. The molecule has 0 radical (unpaired) electrons. The molecule has 0 aliphatic rings. The molecule has 154 valence electrons. The van der Waals surface area contributed by atoms with Crippen molar-refractivity contribution >= 4 is 27.7 Å². The Bertz CT molecular complexity index is 1220. The maximum absolute atomic E-state index is 12.9. The molecule has 1 atom stereocenters. The SMILES string of the molecule is C[C@H](NC(=O)COn1nnc2ccc(C(F)(F)F)cc21)c1ccc2ccccc2c1. The highest BCUT2D eigenvalue weighted by molar-refractivity contribution is 5.83. The summed E-state index contributed by atoms with van der Waals surface area (Å²) in [5.74, 6) is -0.439. The molecule has 1 N–H and O–H groups in total. The summed E-state index contributed by atoms with van der Waals surface area (Å²) in [6, 6.07) is 16.5. The summed E-state index contributed by atoms with van der Waals surface area (Å²) in [6.45, 7) is 1.41. The lowest BCUT2D eigenvalue weighted by molar-refractivity contribution is -0.137. The van der Waals surface area contributed by atoms with Crippen LogP contribution >= 0.6 is 0 Å². The zero-order valence-electron chi connectivity index (χ0n) is 15.8. The largest absolute Gasteiger partial charge is 0.416 e. The third kappa shape index (κ3) is 4.05. The molecule has 0 aliphatic heterocycles. The Morgan fingerprint density at radius 1 is 1.10 bits per heavy atom. The highest BCUT2D eigenvalue weighted by Gasteiger charge is 2.31. The van der Waals surface area contributed by atoms with E-state index in [9.17, 15) is 18.0 Å². The van der Waals surface area contributed by atoms with Crippen molar-refractivity contribution in [3.8, 4) is 0 Å². The summed E-state index contributed by atoms with van der Waals surface area (Å²) in [6.07, 6.45) is -4.50. The number of benzene rings is 3. The van der Waals surface area contributed by atoms with E-state index in [-0.39, 0.29) is 17.1 Å². The van der Waals surface area contributed by atoms with Crippen LogP contribution in [0.3, 0.4) is 0 Å². The van der Waals surface area contributed by atoms with Crippen LogP contribution in [0.5, 0.6) is 0 Å². The summed E-state index contributed by atoms with van der Waals surface area (Å²) < 4.78 is 38.7. The molecule has 0 spiro atoms. The number of amides is 1. The number of fused-ring (bicyclic) bond motifs is 2. The van der Waals surface area contributed by atoms with Gasteiger partial charge in [-0.3, -0.25) is 4.79 Å². The van der Waals surface area contributed by atoms with Gasteiger partial charge in [-0.25, -0.2) is 0 Å². The zero-order chi connectivity index (χ0) is 21.3. The van der Waals surface area contributed by atoms with Crippen LogP contribution in [0.25, 0.3) is 21.8 Å². The van der Waals surface area contributed by atoms with Gasteiger partial charge in [0.15, 0.2) is 6.61 Å². The summed E-state index contributed by atoms with van der Waals surface area (Å²) in [5.41, 5.74) is 0.327. The normalized spacial score (nSPS) is 12.8. The molecule has 1 amide bonds. The molecule has 0 fully saturated rings. The first-order valence-corrected chi connectivity index (χ1v) is 9.15. The third-order valence-corrected chi connectivity index (χ3v) is 4.71. The van der Waals surface area contributed by atoms with E-state index >= 15 is 0 Å². The molecule has 4 aromatic rings. The molecular weight excluding hydrogens is 397 g/mol. The number of nitrogens with one attached hydrogen (secondary N) is 1. The summed E-state index contributed by atoms with van der Waals surface area (Å²) >= 11 is 0. The second-order valence-electron chi connectivity index (χ2n) is 6.83. The van der Waals surface area contributed by atoms with Crippen molar-refractivity contribution in [3.63, 3.8) is 0 Å². The van der Waals surface area contributed by atoms with Crippen molar-refractivity contribution in [3.05, 3.63) is 71.8 Å². The van der Waals surface area contributed by atoms with E-state index in [1.54, 1.807) is 0 Å². The second-order valence-corrected chi connectivity index (χ2v) is 6.83. The van der Waals surface area contributed by atoms with E-state index in [1.165, 1.54) is 6.07 Å². The maximum Gasteiger partial charge on any atom is 0.416 e. The average molecular weight is 414 g/mol. The highest BCUT2D eigenvalue weighted by Crippen LogP contribution is 2.30. The minimum atomic E-state index is -4.50. The molecule has 0 saturated carbocycles. The molecule has 0 bridgehead atoms. The Labute approximate surface area is 169 Å². The molecule has 0 saturated heterocycles. The monoisotopic (exact) mass is 414 g/mol. The Morgan fingerprint density at radius 3 is 2.63 bits per heavy atom. The fourth-order valence-corrected chi connectivity index (χ4v) is 3.13. The van der Waals surface area contributed by atoms with E-state index in [4.69, 9.17) is 4.84 Å². The van der Waals surface area contributed by atoms with E-state index in [0.717, 1.165) is 33.3 Å². The van der Waals surface area contributed by atoms with Gasteiger partial charge < -0.3 is 10.2 Å². The Kier molecular flexibility index (Phi) is 5.03. The van der Waals surface area contributed by atoms with Gasteiger partial charge in [0.2, 0.25) is 0 Å². The molecular formula is C21H17F3N4O2. The average Bonchev–Trinajstić information content (AvgIpc) is 3.13. The van der Waals surface area contributed by atoms with Gasteiger partial charge >= 0.3 is 6.18 Å². The van der Waals surface area contributed by atoms with Crippen molar-refractivity contribution in [1.82, 2.24) is 20.5 Å². The molecule has 6 nitrogen and oxygen atoms in total. The molecule has 4 rings (SSSR count). The molecule has 30 heavy (non-hydrogen) atoms.